The standard InChI is InChI=1S/C9H10N2O4/c12-8(13)7-6(4-10-5-11-7)9-14-2-1-3-15-9/h4-5,9H,1-3H2,(H,12,13). The zero-order chi connectivity index (χ0) is 10.7. The lowest BCUT2D eigenvalue weighted by atomic mass is 10.2. The highest BCUT2D eigenvalue weighted by Gasteiger charge is 2.23. The Morgan fingerprint density at radius 2 is 2.20 bits per heavy atom. The predicted molar refractivity (Wildman–Crippen MR) is 48.3 cm³/mol. The van der Waals surface area contributed by atoms with Crippen LogP contribution in [0.25, 0.3) is 0 Å². The smallest absolute Gasteiger partial charge is 0.355 e. The van der Waals surface area contributed by atoms with Crippen molar-refractivity contribution in [1.29, 1.82) is 0 Å². The van der Waals surface area contributed by atoms with Gasteiger partial charge in [-0.25, -0.2) is 14.8 Å². The van der Waals surface area contributed by atoms with Gasteiger partial charge in [0.1, 0.15) is 6.33 Å². The van der Waals surface area contributed by atoms with E-state index in [4.69, 9.17) is 14.6 Å². The molecule has 1 N–H and O–H groups in total. The highest BCUT2D eigenvalue weighted by atomic mass is 16.7. The minimum atomic E-state index is -1.11. The van der Waals surface area contributed by atoms with Gasteiger partial charge in [0.25, 0.3) is 0 Å². The number of carbonyl (C=O) groups is 1. The lowest BCUT2D eigenvalue weighted by molar-refractivity contribution is -0.183. The zero-order valence-electron chi connectivity index (χ0n) is 7.92. The quantitative estimate of drug-likeness (QED) is 0.770. The van der Waals surface area contributed by atoms with E-state index in [1.54, 1.807) is 0 Å². The number of aromatic nitrogens is 2. The number of carboxylic acids is 1. The van der Waals surface area contributed by atoms with Gasteiger partial charge in [0, 0.05) is 6.20 Å². The molecule has 0 amide bonds. The van der Waals surface area contributed by atoms with E-state index in [0.29, 0.717) is 18.8 Å². The molecule has 6 heteroatoms. The molecule has 0 radical (unpaired) electrons. The number of carboxylic acid groups (broad SMARTS) is 1. The average Bonchev–Trinajstić information content (AvgIpc) is 2.30. The van der Waals surface area contributed by atoms with E-state index >= 15 is 0 Å². The van der Waals surface area contributed by atoms with Crippen LogP contribution in [0.1, 0.15) is 28.8 Å². The van der Waals surface area contributed by atoms with Crippen LogP contribution in [0.2, 0.25) is 0 Å². The fraction of sp³-hybridized carbons (Fsp3) is 0.444. The fourth-order valence-electron chi connectivity index (χ4n) is 1.36. The Bertz CT molecular complexity index is 363. The van der Waals surface area contributed by atoms with Crippen molar-refractivity contribution in [3.8, 4) is 0 Å². The molecule has 0 spiro atoms. The Morgan fingerprint density at radius 3 is 2.87 bits per heavy atom. The van der Waals surface area contributed by atoms with E-state index < -0.39 is 12.3 Å². The van der Waals surface area contributed by atoms with Crippen LogP contribution in [0, 0.1) is 0 Å². The van der Waals surface area contributed by atoms with Gasteiger partial charge in [-0.2, -0.15) is 0 Å². The van der Waals surface area contributed by atoms with Crippen LogP contribution in [-0.2, 0) is 9.47 Å². The molecule has 1 aliphatic heterocycles. The molecule has 2 rings (SSSR count). The predicted octanol–water partition coefficient (Wildman–Crippen LogP) is 0.610. The van der Waals surface area contributed by atoms with E-state index in [0.717, 1.165) is 6.42 Å². The van der Waals surface area contributed by atoms with Gasteiger partial charge in [0.2, 0.25) is 0 Å². The summed E-state index contributed by atoms with van der Waals surface area (Å²) >= 11 is 0. The second-order valence-electron chi connectivity index (χ2n) is 3.06. The van der Waals surface area contributed by atoms with Crippen molar-refractivity contribution in [2.24, 2.45) is 0 Å². The first kappa shape index (κ1) is 10.0. The Balaban J connectivity index is 2.29. The molecule has 0 unspecified atom stereocenters. The molecule has 1 fully saturated rings. The lowest BCUT2D eigenvalue weighted by Crippen LogP contribution is -2.21. The first-order valence-corrected chi connectivity index (χ1v) is 4.55. The maximum absolute atomic E-state index is 10.9. The van der Waals surface area contributed by atoms with Crippen LogP contribution in [0.4, 0.5) is 0 Å². The third kappa shape index (κ3) is 2.11. The molecule has 6 nitrogen and oxygen atoms in total. The summed E-state index contributed by atoms with van der Waals surface area (Å²) in [7, 11) is 0. The SMILES string of the molecule is O=C(O)c1ncncc1C1OCCCO1. The molecule has 1 aromatic rings. The van der Waals surface area contributed by atoms with Crippen molar-refractivity contribution in [2.45, 2.75) is 12.7 Å². The summed E-state index contributed by atoms with van der Waals surface area (Å²) in [6.07, 6.45) is 2.75. The number of hydrogen-bond acceptors (Lipinski definition) is 5. The highest BCUT2D eigenvalue weighted by Crippen LogP contribution is 2.23. The number of rotatable bonds is 2. The summed E-state index contributed by atoms with van der Waals surface area (Å²) in [5.74, 6) is -1.11. The number of aromatic carboxylic acids is 1. The number of nitrogens with zero attached hydrogens (tertiary/aromatic N) is 2. The Hall–Kier alpha value is -1.53. The Kier molecular flexibility index (Phi) is 2.89. The molecular formula is C9H10N2O4. The molecule has 0 saturated carbocycles. The van der Waals surface area contributed by atoms with Gasteiger partial charge in [0.05, 0.1) is 18.8 Å². The minimum absolute atomic E-state index is 0.0723. The molecule has 0 aromatic carbocycles. The van der Waals surface area contributed by atoms with Gasteiger partial charge in [-0.3, -0.25) is 0 Å². The van der Waals surface area contributed by atoms with Crippen molar-refractivity contribution >= 4 is 5.97 Å². The maximum Gasteiger partial charge on any atom is 0.355 e. The average molecular weight is 210 g/mol. The van der Waals surface area contributed by atoms with Crippen molar-refractivity contribution in [3.63, 3.8) is 0 Å². The largest absolute Gasteiger partial charge is 0.476 e. The van der Waals surface area contributed by atoms with E-state index in [1.165, 1.54) is 12.5 Å². The van der Waals surface area contributed by atoms with E-state index in [9.17, 15) is 4.79 Å². The van der Waals surface area contributed by atoms with Crippen LogP contribution in [0.15, 0.2) is 12.5 Å². The molecule has 15 heavy (non-hydrogen) atoms. The first-order valence-electron chi connectivity index (χ1n) is 4.55. The Morgan fingerprint density at radius 1 is 1.47 bits per heavy atom. The topological polar surface area (TPSA) is 81.5 Å². The van der Waals surface area contributed by atoms with Crippen LogP contribution < -0.4 is 0 Å². The summed E-state index contributed by atoms with van der Waals surface area (Å²) in [6.45, 7) is 1.11. The van der Waals surface area contributed by atoms with Gasteiger partial charge in [-0.05, 0) is 6.42 Å². The molecular weight excluding hydrogens is 200 g/mol. The molecule has 2 heterocycles. The second kappa shape index (κ2) is 4.33. The van der Waals surface area contributed by atoms with Crippen molar-refractivity contribution in [1.82, 2.24) is 9.97 Å². The zero-order valence-corrected chi connectivity index (χ0v) is 7.92. The summed E-state index contributed by atoms with van der Waals surface area (Å²) in [4.78, 5) is 18.3. The number of hydrogen-bond donors (Lipinski definition) is 1. The third-order valence-corrected chi connectivity index (χ3v) is 2.02. The first-order chi connectivity index (χ1) is 7.29. The molecule has 1 aliphatic rings. The maximum atomic E-state index is 10.9. The molecule has 0 bridgehead atoms. The van der Waals surface area contributed by atoms with Gasteiger partial charge < -0.3 is 14.6 Å². The monoisotopic (exact) mass is 210 g/mol. The van der Waals surface area contributed by atoms with E-state index in [1.807, 2.05) is 0 Å². The summed E-state index contributed by atoms with van der Waals surface area (Å²) in [5.41, 5.74) is 0.293. The van der Waals surface area contributed by atoms with Crippen molar-refractivity contribution in [2.75, 3.05) is 13.2 Å². The highest BCUT2D eigenvalue weighted by molar-refractivity contribution is 5.86. The van der Waals surface area contributed by atoms with Crippen LogP contribution in [0.5, 0.6) is 0 Å². The van der Waals surface area contributed by atoms with E-state index in [2.05, 4.69) is 9.97 Å². The third-order valence-electron chi connectivity index (χ3n) is 2.02. The van der Waals surface area contributed by atoms with Crippen LogP contribution in [-0.4, -0.2) is 34.3 Å². The summed E-state index contributed by atoms with van der Waals surface area (Å²) in [5, 5.41) is 8.89. The van der Waals surface area contributed by atoms with Gasteiger partial charge in [-0.1, -0.05) is 0 Å². The van der Waals surface area contributed by atoms with Gasteiger partial charge >= 0.3 is 5.97 Å². The normalized spacial score (nSPS) is 17.6. The van der Waals surface area contributed by atoms with Gasteiger partial charge in [0.15, 0.2) is 12.0 Å². The molecule has 80 valence electrons. The molecule has 0 atom stereocenters. The minimum Gasteiger partial charge on any atom is -0.476 e. The van der Waals surface area contributed by atoms with Crippen molar-refractivity contribution in [3.05, 3.63) is 23.8 Å². The van der Waals surface area contributed by atoms with Gasteiger partial charge in [-0.15, -0.1) is 0 Å². The van der Waals surface area contributed by atoms with E-state index in [-0.39, 0.29) is 5.69 Å². The fourth-order valence-corrected chi connectivity index (χ4v) is 1.36. The second-order valence-corrected chi connectivity index (χ2v) is 3.06. The molecule has 1 saturated heterocycles. The summed E-state index contributed by atoms with van der Waals surface area (Å²) in [6, 6.07) is 0. The lowest BCUT2D eigenvalue weighted by Gasteiger charge is -2.23. The summed E-state index contributed by atoms with van der Waals surface area (Å²) < 4.78 is 10.6. The Labute approximate surface area is 85.9 Å². The van der Waals surface area contributed by atoms with Crippen molar-refractivity contribution < 1.29 is 19.4 Å². The van der Waals surface area contributed by atoms with Crippen LogP contribution in [0.3, 0.4) is 0 Å². The van der Waals surface area contributed by atoms with Crippen LogP contribution >= 0.6 is 0 Å². The molecule has 0 aliphatic carbocycles. The molecule has 1 aromatic heterocycles. The number of ether oxygens (including phenoxy) is 2.